The van der Waals surface area contributed by atoms with Crippen molar-refractivity contribution in [3.05, 3.63) is 35.9 Å². The first-order valence-electron chi connectivity index (χ1n) is 6.21. The topological polar surface area (TPSA) is 73.4 Å². The molecule has 1 heterocycles. The summed E-state index contributed by atoms with van der Waals surface area (Å²) in [5, 5.41) is 18.6. The maximum atomic E-state index is 11.0. The minimum Gasteiger partial charge on any atom is -0.480 e. The van der Waals surface area contributed by atoms with Gasteiger partial charge in [-0.1, -0.05) is 30.3 Å². The summed E-state index contributed by atoms with van der Waals surface area (Å²) in [6.07, 6.45) is 0.754. The van der Waals surface area contributed by atoms with Crippen LogP contribution in [-0.2, 0) is 11.3 Å². The zero-order chi connectivity index (χ0) is 13.7. The van der Waals surface area contributed by atoms with Gasteiger partial charge in [0.1, 0.15) is 6.04 Å². The molecule has 1 fully saturated rings. The smallest absolute Gasteiger partial charge is 0.322 e. The minimum absolute atomic E-state index is 0.159. The third-order valence-corrected chi connectivity index (χ3v) is 3.36. The van der Waals surface area contributed by atoms with Crippen LogP contribution in [0.3, 0.4) is 0 Å². The summed E-state index contributed by atoms with van der Waals surface area (Å²) >= 11 is 5.19. The van der Waals surface area contributed by atoms with Gasteiger partial charge in [0.25, 0.3) is 0 Å². The molecule has 1 unspecified atom stereocenters. The van der Waals surface area contributed by atoms with Crippen LogP contribution in [0, 0.1) is 0 Å². The Bertz CT molecular complexity index is 452. The highest BCUT2D eigenvalue weighted by Crippen LogP contribution is 2.07. The van der Waals surface area contributed by atoms with E-state index in [1.54, 1.807) is 0 Å². The fourth-order valence-corrected chi connectivity index (χ4v) is 2.34. The molecule has 0 radical (unpaired) electrons. The van der Waals surface area contributed by atoms with Crippen LogP contribution >= 0.6 is 12.2 Å². The number of rotatable bonds is 4. The van der Waals surface area contributed by atoms with Crippen molar-refractivity contribution in [2.75, 3.05) is 6.54 Å². The van der Waals surface area contributed by atoms with Gasteiger partial charge in [0, 0.05) is 6.54 Å². The Morgan fingerprint density at radius 3 is 2.84 bits per heavy atom. The van der Waals surface area contributed by atoms with Crippen molar-refractivity contribution in [1.82, 2.24) is 16.0 Å². The molecule has 4 N–H and O–H groups in total. The largest absolute Gasteiger partial charge is 0.480 e. The SMILES string of the molecule is O=C(O)[C@H]1NCCC1NC(=S)NCc1ccccc1. The molecule has 1 aromatic carbocycles. The number of hydrogen-bond donors (Lipinski definition) is 4. The maximum absolute atomic E-state index is 11.0. The monoisotopic (exact) mass is 279 g/mol. The molecule has 0 bridgehead atoms. The van der Waals surface area contributed by atoms with E-state index in [9.17, 15) is 4.79 Å². The van der Waals surface area contributed by atoms with E-state index >= 15 is 0 Å². The molecule has 19 heavy (non-hydrogen) atoms. The normalized spacial score (nSPS) is 21.9. The predicted octanol–water partition coefficient (Wildman–Crippen LogP) is 0.466. The molecule has 0 aliphatic carbocycles. The number of carboxylic acid groups (broad SMARTS) is 1. The van der Waals surface area contributed by atoms with Gasteiger partial charge in [-0.25, -0.2) is 0 Å². The van der Waals surface area contributed by atoms with Crippen molar-refractivity contribution in [2.45, 2.75) is 25.0 Å². The van der Waals surface area contributed by atoms with Crippen molar-refractivity contribution in [3.8, 4) is 0 Å². The second-order valence-electron chi connectivity index (χ2n) is 4.48. The van der Waals surface area contributed by atoms with Crippen molar-refractivity contribution >= 4 is 23.3 Å². The second-order valence-corrected chi connectivity index (χ2v) is 4.89. The summed E-state index contributed by atoms with van der Waals surface area (Å²) in [7, 11) is 0. The van der Waals surface area contributed by atoms with Crippen LogP contribution < -0.4 is 16.0 Å². The van der Waals surface area contributed by atoms with Crippen molar-refractivity contribution < 1.29 is 9.90 Å². The molecular weight excluding hydrogens is 262 g/mol. The third kappa shape index (κ3) is 3.90. The van der Waals surface area contributed by atoms with Gasteiger partial charge in [-0.3, -0.25) is 4.79 Å². The Morgan fingerprint density at radius 2 is 2.16 bits per heavy atom. The summed E-state index contributed by atoms with van der Waals surface area (Å²) in [6, 6.07) is 9.18. The summed E-state index contributed by atoms with van der Waals surface area (Å²) in [5.74, 6) is -0.846. The Labute approximate surface area is 117 Å². The van der Waals surface area contributed by atoms with E-state index in [-0.39, 0.29) is 6.04 Å². The molecular formula is C13H17N3O2S. The lowest BCUT2D eigenvalue weighted by Gasteiger charge is -2.19. The van der Waals surface area contributed by atoms with Gasteiger partial charge in [0.05, 0.1) is 6.04 Å². The Kier molecular flexibility index (Phi) is 4.70. The highest BCUT2D eigenvalue weighted by Gasteiger charge is 2.32. The van der Waals surface area contributed by atoms with Crippen LogP contribution in [0.5, 0.6) is 0 Å². The van der Waals surface area contributed by atoms with E-state index in [0.29, 0.717) is 18.2 Å². The lowest BCUT2D eigenvalue weighted by atomic mass is 10.1. The maximum Gasteiger partial charge on any atom is 0.322 e. The second kappa shape index (κ2) is 6.49. The van der Waals surface area contributed by atoms with E-state index in [1.165, 1.54) is 0 Å². The highest BCUT2D eigenvalue weighted by molar-refractivity contribution is 7.80. The van der Waals surface area contributed by atoms with Gasteiger partial charge >= 0.3 is 5.97 Å². The Balaban J connectivity index is 1.80. The van der Waals surface area contributed by atoms with Crippen molar-refractivity contribution in [2.24, 2.45) is 0 Å². The van der Waals surface area contributed by atoms with Gasteiger partial charge in [0.15, 0.2) is 5.11 Å². The number of aliphatic carboxylic acids is 1. The summed E-state index contributed by atoms with van der Waals surface area (Å²) in [4.78, 5) is 11.0. The fourth-order valence-electron chi connectivity index (χ4n) is 2.12. The quantitative estimate of drug-likeness (QED) is 0.600. The Morgan fingerprint density at radius 1 is 1.42 bits per heavy atom. The number of nitrogens with one attached hydrogen (secondary N) is 3. The summed E-state index contributed by atoms with van der Waals surface area (Å²) in [5.41, 5.74) is 1.13. The van der Waals surface area contributed by atoms with Gasteiger partial charge in [0.2, 0.25) is 0 Å². The van der Waals surface area contributed by atoms with Gasteiger partial charge in [-0.05, 0) is 30.7 Å². The first kappa shape index (κ1) is 13.8. The first-order valence-corrected chi connectivity index (χ1v) is 6.62. The Hall–Kier alpha value is -1.66. The molecule has 6 heteroatoms. The highest BCUT2D eigenvalue weighted by atomic mass is 32.1. The van der Waals surface area contributed by atoms with Crippen LogP contribution in [0.1, 0.15) is 12.0 Å². The molecule has 102 valence electrons. The van der Waals surface area contributed by atoms with Crippen molar-refractivity contribution in [1.29, 1.82) is 0 Å². The van der Waals surface area contributed by atoms with E-state index in [0.717, 1.165) is 12.0 Å². The molecule has 1 saturated heterocycles. The number of carbonyl (C=O) groups is 1. The summed E-state index contributed by atoms with van der Waals surface area (Å²) < 4.78 is 0. The van der Waals surface area contributed by atoms with Crippen LogP contribution in [-0.4, -0.2) is 34.8 Å². The lowest BCUT2D eigenvalue weighted by molar-refractivity contribution is -0.139. The van der Waals surface area contributed by atoms with E-state index in [4.69, 9.17) is 17.3 Å². The first-order chi connectivity index (χ1) is 9.16. The van der Waals surface area contributed by atoms with Crippen LogP contribution in [0.25, 0.3) is 0 Å². The molecule has 5 nitrogen and oxygen atoms in total. The molecule has 0 saturated carbocycles. The molecule has 0 amide bonds. The summed E-state index contributed by atoms with van der Waals surface area (Å²) in [6.45, 7) is 1.32. The van der Waals surface area contributed by atoms with Gasteiger partial charge in [-0.15, -0.1) is 0 Å². The van der Waals surface area contributed by atoms with Crippen molar-refractivity contribution in [3.63, 3.8) is 0 Å². The molecule has 0 aromatic heterocycles. The van der Waals surface area contributed by atoms with Crippen LogP contribution in [0.4, 0.5) is 0 Å². The zero-order valence-electron chi connectivity index (χ0n) is 10.4. The standard InChI is InChI=1S/C13H17N3O2S/c17-12(18)11-10(6-7-14-11)16-13(19)15-8-9-4-2-1-3-5-9/h1-5,10-11,14H,6-8H2,(H,17,18)(H2,15,16,19)/t10?,11-/m0/s1. The minimum atomic E-state index is -0.846. The molecule has 1 aromatic rings. The zero-order valence-corrected chi connectivity index (χ0v) is 11.2. The van der Waals surface area contributed by atoms with Gasteiger partial charge in [-0.2, -0.15) is 0 Å². The average molecular weight is 279 g/mol. The predicted molar refractivity (Wildman–Crippen MR) is 76.8 cm³/mol. The van der Waals surface area contributed by atoms with E-state index in [1.807, 2.05) is 30.3 Å². The molecule has 1 aliphatic rings. The number of carboxylic acids is 1. The average Bonchev–Trinajstić information content (AvgIpc) is 2.86. The fraction of sp³-hybridized carbons (Fsp3) is 0.385. The number of thiocarbonyl (C=S) groups is 1. The number of hydrogen-bond acceptors (Lipinski definition) is 3. The van der Waals surface area contributed by atoms with E-state index in [2.05, 4.69) is 16.0 Å². The van der Waals surface area contributed by atoms with Gasteiger partial charge < -0.3 is 21.1 Å². The van der Waals surface area contributed by atoms with E-state index < -0.39 is 12.0 Å². The lowest BCUT2D eigenvalue weighted by Crippen LogP contribution is -2.50. The van der Waals surface area contributed by atoms with Crippen LogP contribution in [0.2, 0.25) is 0 Å². The third-order valence-electron chi connectivity index (χ3n) is 3.10. The molecule has 0 spiro atoms. The molecule has 1 aliphatic heterocycles. The number of benzene rings is 1. The molecule has 2 rings (SSSR count). The van der Waals surface area contributed by atoms with Crippen LogP contribution in [0.15, 0.2) is 30.3 Å². The molecule has 2 atom stereocenters.